The molecule has 1 atom stereocenters. The SMILES string of the molecule is CN(C(=O)COC(=O)C(CO)NC(=O)c1ccccc1)C1(C#N)CCCCC1. The molecule has 8 nitrogen and oxygen atoms in total. The van der Waals surface area contributed by atoms with E-state index in [0.717, 1.165) is 19.3 Å². The summed E-state index contributed by atoms with van der Waals surface area (Å²) in [6, 6.07) is 9.17. The Morgan fingerprint density at radius 3 is 2.46 bits per heavy atom. The smallest absolute Gasteiger partial charge is 0.331 e. The third kappa shape index (κ3) is 5.08. The summed E-state index contributed by atoms with van der Waals surface area (Å²) in [5.74, 6) is -1.95. The number of esters is 1. The molecule has 1 aliphatic rings. The fraction of sp³-hybridized carbons (Fsp3) is 0.500. The highest BCUT2D eigenvalue weighted by molar-refractivity contribution is 5.97. The Morgan fingerprint density at radius 2 is 1.89 bits per heavy atom. The van der Waals surface area contributed by atoms with E-state index in [1.54, 1.807) is 30.3 Å². The number of likely N-dealkylation sites (N-methyl/N-ethyl adjacent to an activating group) is 1. The van der Waals surface area contributed by atoms with Crippen molar-refractivity contribution >= 4 is 17.8 Å². The lowest BCUT2D eigenvalue weighted by Crippen LogP contribution is -2.51. The summed E-state index contributed by atoms with van der Waals surface area (Å²) in [6.45, 7) is -1.22. The molecule has 1 saturated carbocycles. The van der Waals surface area contributed by atoms with E-state index < -0.39 is 42.6 Å². The minimum Gasteiger partial charge on any atom is -0.454 e. The van der Waals surface area contributed by atoms with Crippen LogP contribution in [0, 0.1) is 11.3 Å². The molecule has 1 aromatic rings. The number of aliphatic hydroxyl groups excluding tert-OH is 1. The van der Waals surface area contributed by atoms with Gasteiger partial charge in [-0.3, -0.25) is 9.59 Å². The Bertz CT molecular complexity index is 738. The van der Waals surface area contributed by atoms with Crippen LogP contribution in [0.5, 0.6) is 0 Å². The third-order valence-electron chi connectivity index (χ3n) is 5.05. The van der Waals surface area contributed by atoms with Crippen LogP contribution in [0.2, 0.25) is 0 Å². The number of benzene rings is 1. The summed E-state index contributed by atoms with van der Waals surface area (Å²) in [5.41, 5.74) is -0.544. The Kier molecular flexibility index (Phi) is 7.52. The molecule has 0 bridgehead atoms. The lowest BCUT2D eigenvalue weighted by Gasteiger charge is -2.38. The van der Waals surface area contributed by atoms with Crippen molar-refractivity contribution < 1.29 is 24.2 Å². The number of nitriles is 1. The van der Waals surface area contributed by atoms with Crippen LogP contribution in [0.25, 0.3) is 0 Å². The van der Waals surface area contributed by atoms with Gasteiger partial charge in [0.15, 0.2) is 12.6 Å². The van der Waals surface area contributed by atoms with Crippen LogP contribution in [-0.2, 0) is 14.3 Å². The average Bonchev–Trinajstić information content (AvgIpc) is 2.75. The Labute approximate surface area is 164 Å². The number of carbonyl (C=O) groups excluding carboxylic acids is 3. The minimum atomic E-state index is -1.29. The minimum absolute atomic E-state index is 0.331. The Morgan fingerprint density at radius 1 is 1.25 bits per heavy atom. The van der Waals surface area contributed by atoms with Crippen molar-refractivity contribution in [2.24, 2.45) is 0 Å². The maximum atomic E-state index is 12.4. The van der Waals surface area contributed by atoms with Gasteiger partial charge in [-0.2, -0.15) is 5.26 Å². The second-order valence-electron chi connectivity index (χ2n) is 6.84. The first kappa shape index (κ1) is 21.4. The van der Waals surface area contributed by atoms with Crippen molar-refractivity contribution in [3.8, 4) is 6.07 Å². The number of amides is 2. The Balaban J connectivity index is 1.91. The van der Waals surface area contributed by atoms with E-state index in [-0.39, 0.29) is 0 Å². The molecule has 0 aromatic heterocycles. The largest absolute Gasteiger partial charge is 0.454 e. The number of nitrogens with one attached hydrogen (secondary N) is 1. The van der Waals surface area contributed by atoms with Gasteiger partial charge in [-0.15, -0.1) is 0 Å². The van der Waals surface area contributed by atoms with Gasteiger partial charge in [0.2, 0.25) is 0 Å². The zero-order valence-electron chi connectivity index (χ0n) is 15.9. The molecule has 0 saturated heterocycles. The van der Waals surface area contributed by atoms with Gasteiger partial charge in [-0.1, -0.05) is 37.5 Å². The zero-order valence-corrected chi connectivity index (χ0v) is 15.9. The number of ether oxygens (including phenoxy) is 1. The van der Waals surface area contributed by atoms with Gasteiger partial charge in [-0.05, 0) is 25.0 Å². The molecule has 0 radical (unpaired) electrons. The van der Waals surface area contributed by atoms with Crippen molar-refractivity contribution in [3.63, 3.8) is 0 Å². The molecule has 0 heterocycles. The highest BCUT2D eigenvalue weighted by Gasteiger charge is 2.39. The maximum absolute atomic E-state index is 12.4. The van der Waals surface area contributed by atoms with Gasteiger partial charge in [0, 0.05) is 12.6 Å². The molecule has 2 amide bonds. The van der Waals surface area contributed by atoms with Crippen LogP contribution in [0.1, 0.15) is 42.5 Å². The van der Waals surface area contributed by atoms with Crippen molar-refractivity contribution in [2.75, 3.05) is 20.3 Å². The third-order valence-corrected chi connectivity index (χ3v) is 5.05. The van der Waals surface area contributed by atoms with Gasteiger partial charge < -0.3 is 20.1 Å². The van der Waals surface area contributed by atoms with Gasteiger partial charge in [-0.25, -0.2) is 4.79 Å². The number of hydrogen-bond donors (Lipinski definition) is 2. The highest BCUT2D eigenvalue weighted by Crippen LogP contribution is 2.32. The van der Waals surface area contributed by atoms with Crippen molar-refractivity contribution in [1.29, 1.82) is 5.26 Å². The fourth-order valence-electron chi connectivity index (χ4n) is 3.24. The van der Waals surface area contributed by atoms with Crippen LogP contribution in [0.4, 0.5) is 0 Å². The van der Waals surface area contributed by atoms with E-state index in [1.165, 1.54) is 11.9 Å². The van der Waals surface area contributed by atoms with Crippen LogP contribution < -0.4 is 5.32 Å². The van der Waals surface area contributed by atoms with E-state index >= 15 is 0 Å². The first-order valence-corrected chi connectivity index (χ1v) is 9.25. The monoisotopic (exact) mass is 387 g/mol. The molecule has 1 unspecified atom stereocenters. The topological polar surface area (TPSA) is 120 Å². The second-order valence-corrected chi connectivity index (χ2v) is 6.84. The van der Waals surface area contributed by atoms with Crippen LogP contribution in [0.3, 0.4) is 0 Å². The average molecular weight is 387 g/mol. The van der Waals surface area contributed by atoms with Crippen molar-refractivity contribution in [1.82, 2.24) is 10.2 Å². The highest BCUT2D eigenvalue weighted by atomic mass is 16.5. The molecule has 2 rings (SSSR count). The van der Waals surface area contributed by atoms with Crippen LogP contribution in [-0.4, -0.2) is 59.6 Å². The fourth-order valence-corrected chi connectivity index (χ4v) is 3.24. The molecular weight excluding hydrogens is 362 g/mol. The molecule has 2 N–H and O–H groups in total. The van der Waals surface area contributed by atoms with Crippen molar-refractivity contribution in [2.45, 2.75) is 43.7 Å². The van der Waals surface area contributed by atoms with E-state index in [4.69, 9.17) is 4.74 Å². The normalized spacial score (nSPS) is 16.3. The van der Waals surface area contributed by atoms with E-state index in [2.05, 4.69) is 11.4 Å². The first-order valence-electron chi connectivity index (χ1n) is 9.25. The summed E-state index contributed by atoms with van der Waals surface area (Å²) < 4.78 is 4.98. The number of rotatable bonds is 7. The molecule has 1 aromatic carbocycles. The zero-order chi connectivity index (χ0) is 20.6. The predicted molar refractivity (Wildman–Crippen MR) is 99.9 cm³/mol. The first-order chi connectivity index (χ1) is 13.4. The van der Waals surface area contributed by atoms with Gasteiger partial charge >= 0.3 is 5.97 Å². The summed E-state index contributed by atoms with van der Waals surface area (Å²) in [4.78, 5) is 38.0. The molecule has 0 aliphatic heterocycles. The molecule has 1 fully saturated rings. The molecule has 8 heteroatoms. The number of aliphatic hydroxyl groups is 1. The second kappa shape index (κ2) is 9.85. The lowest BCUT2D eigenvalue weighted by atomic mass is 9.81. The lowest BCUT2D eigenvalue weighted by molar-refractivity contribution is -0.155. The van der Waals surface area contributed by atoms with E-state index in [0.29, 0.717) is 18.4 Å². The maximum Gasteiger partial charge on any atom is 0.331 e. The summed E-state index contributed by atoms with van der Waals surface area (Å²) in [5, 5.41) is 21.3. The number of nitrogens with zero attached hydrogens (tertiary/aromatic N) is 2. The molecular formula is C20H25N3O5. The van der Waals surface area contributed by atoms with E-state index in [1.807, 2.05) is 0 Å². The summed E-state index contributed by atoms with van der Waals surface area (Å²) in [7, 11) is 1.53. The number of carbonyl (C=O) groups is 3. The number of hydrogen-bond acceptors (Lipinski definition) is 6. The quantitative estimate of drug-likeness (QED) is 0.674. The molecule has 0 spiro atoms. The predicted octanol–water partition coefficient (Wildman–Crippen LogP) is 1.01. The molecule has 28 heavy (non-hydrogen) atoms. The summed E-state index contributed by atoms with van der Waals surface area (Å²) in [6.07, 6.45) is 3.93. The van der Waals surface area contributed by atoms with Crippen molar-refractivity contribution in [3.05, 3.63) is 35.9 Å². The van der Waals surface area contributed by atoms with Crippen LogP contribution in [0.15, 0.2) is 30.3 Å². The van der Waals surface area contributed by atoms with Gasteiger partial charge in [0.25, 0.3) is 11.8 Å². The molecule has 150 valence electrons. The Hall–Kier alpha value is -2.92. The van der Waals surface area contributed by atoms with Gasteiger partial charge in [0.1, 0.15) is 5.54 Å². The van der Waals surface area contributed by atoms with Gasteiger partial charge in [0.05, 0.1) is 12.7 Å². The van der Waals surface area contributed by atoms with E-state index in [9.17, 15) is 24.8 Å². The van der Waals surface area contributed by atoms with Crippen LogP contribution >= 0.6 is 0 Å². The molecule has 1 aliphatic carbocycles. The summed E-state index contributed by atoms with van der Waals surface area (Å²) >= 11 is 0. The standard InChI is InChI=1S/C20H25N3O5/c1-23(20(14-21)10-6-3-7-11-20)17(25)13-28-19(27)16(12-24)22-18(26)15-8-4-2-5-9-15/h2,4-5,8-9,16,24H,3,6-7,10-13H2,1H3,(H,22,26).